The van der Waals surface area contributed by atoms with Gasteiger partial charge in [-0.05, 0) is 47.8 Å². The fourth-order valence-corrected chi connectivity index (χ4v) is 5.77. The second-order valence-corrected chi connectivity index (χ2v) is 8.59. The van der Waals surface area contributed by atoms with Gasteiger partial charge in [0.05, 0.1) is 23.1 Å². The van der Waals surface area contributed by atoms with E-state index in [1.165, 1.54) is 34.7 Å². The minimum atomic E-state index is 0.399. The van der Waals surface area contributed by atoms with Gasteiger partial charge in [0.15, 0.2) is 0 Å². The van der Waals surface area contributed by atoms with Gasteiger partial charge < -0.3 is 4.74 Å². The fourth-order valence-electron chi connectivity index (χ4n) is 2.91. The molecule has 0 unspecified atom stereocenters. The summed E-state index contributed by atoms with van der Waals surface area (Å²) in [5, 5.41) is 4.97. The molecular weight excluding hydrogens is 348 g/mol. The van der Waals surface area contributed by atoms with E-state index in [4.69, 9.17) is 9.84 Å². The molecule has 1 aliphatic rings. The van der Waals surface area contributed by atoms with Gasteiger partial charge in [0.2, 0.25) is 0 Å². The summed E-state index contributed by atoms with van der Waals surface area (Å²) < 4.78 is 7.70. The van der Waals surface area contributed by atoms with Crippen LogP contribution in [0.4, 0.5) is 0 Å². The zero-order valence-corrected chi connectivity index (χ0v) is 15.7. The molecular formula is C20H20N2OS2. The van der Waals surface area contributed by atoms with Crippen LogP contribution in [-0.2, 0) is 0 Å². The van der Waals surface area contributed by atoms with Gasteiger partial charge in [0, 0.05) is 11.8 Å². The quantitative estimate of drug-likeness (QED) is 0.615. The summed E-state index contributed by atoms with van der Waals surface area (Å²) in [7, 11) is 1.70. The summed E-state index contributed by atoms with van der Waals surface area (Å²) >= 11 is 4.01. The van der Waals surface area contributed by atoms with Gasteiger partial charge in [-0.3, -0.25) is 0 Å². The Labute approximate surface area is 156 Å². The highest BCUT2D eigenvalue weighted by Crippen LogP contribution is 2.46. The molecule has 0 N–H and O–H groups in total. The Balaban J connectivity index is 1.78. The Kier molecular flexibility index (Phi) is 5.04. The normalized spacial score (nSPS) is 15.2. The first-order valence-electron chi connectivity index (χ1n) is 8.38. The number of para-hydroxylation sites is 1. The van der Waals surface area contributed by atoms with Crippen molar-refractivity contribution < 1.29 is 4.74 Å². The van der Waals surface area contributed by atoms with Gasteiger partial charge in [-0.2, -0.15) is 5.10 Å². The van der Waals surface area contributed by atoms with Gasteiger partial charge in [0.1, 0.15) is 5.75 Å². The van der Waals surface area contributed by atoms with Crippen molar-refractivity contribution in [1.82, 2.24) is 9.78 Å². The average molecular weight is 369 g/mol. The SMILES string of the molecule is COc1ccc(-c2cn(-c3ccccc3)nc2C2SCCCS2)cc1. The number of aromatic nitrogens is 2. The van der Waals surface area contributed by atoms with Crippen LogP contribution in [0.2, 0.25) is 0 Å². The van der Waals surface area contributed by atoms with Crippen LogP contribution in [-0.4, -0.2) is 28.4 Å². The van der Waals surface area contributed by atoms with E-state index in [9.17, 15) is 0 Å². The van der Waals surface area contributed by atoms with Crippen molar-refractivity contribution >= 4 is 23.5 Å². The maximum atomic E-state index is 5.30. The molecule has 0 aliphatic carbocycles. The lowest BCUT2D eigenvalue weighted by Gasteiger charge is -2.20. The second-order valence-electron chi connectivity index (χ2n) is 5.86. The zero-order chi connectivity index (χ0) is 17.1. The van der Waals surface area contributed by atoms with E-state index in [0.717, 1.165) is 11.4 Å². The molecule has 5 heteroatoms. The largest absolute Gasteiger partial charge is 0.497 e. The summed E-state index contributed by atoms with van der Waals surface area (Å²) in [5.41, 5.74) is 4.65. The van der Waals surface area contributed by atoms with Crippen molar-refractivity contribution in [3.05, 3.63) is 66.5 Å². The molecule has 3 nitrogen and oxygen atoms in total. The Bertz CT molecular complexity index is 825. The van der Waals surface area contributed by atoms with E-state index in [1.807, 2.05) is 58.5 Å². The van der Waals surface area contributed by atoms with Crippen LogP contribution in [0.5, 0.6) is 5.75 Å². The van der Waals surface area contributed by atoms with Gasteiger partial charge >= 0.3 is 0 Å². The van der Waals surface area contributed by atoms with Crippen LogP contribution in [0, 0.1) is 0 Å². The van der Waals surface area contributed by atoms with Crippen LogP contribution in [0.1, 0.15) is 16.7 Å². The lowest BCUT2D eigenvalue weighted by molar-refractivity contribution is 0.415. The second kappa shape index (κ2) is 7.58. The molecule has 128 valence electrons. The molecule has 25 heavy (non-hydrogen) atoms. The molecule has 0 radical (unpaired) electrons. The first-order valence-corrected chi connectivity index (χ1v) is 10.5. The smallest absolute Gasteiger partial charge is 0.118 e. The number of rotatable bonds is 4. The highest BCUT2D eigenvalue weighted by Gasteiger charge is 2.24. The fraction of sp³-hybridized carbons (Fsp3) is 0.250. The van der Waals surface area contributed by atoms with Gasteiger partial charge in [-0.1, -0.05) is 30.3 Å². The molecule has 1 aromatic heterocycles. The van der Waals surface area contributed by atoms with Gasteiger partial charge in [0.25, 0.3) is 0 Å². The molecule has 3 aromatic rings. The molecule has 0 bridgehead atoms. The third-order valence-electron chi connectivity index (χ3n) is 4.21. The number of hydrogen-bond acceptors (Lipinski definition) is 4. The van der Waals surface area contributed by atoms with E-state index in [-0.39, 0.29) is 0 Å². The van der Waals surface area contributed by atoms with Crippen molar-refractivity contribution in [1.29, 1.82) is 0 Å². The molecule has 1 fully saturated rings. The third-order valence-corrected chi connectivity index (χ3v) is 7.13. The number of methoxy groups -OCH3 is 1. The van der Waals surface area contributed by atoms with Crippen LogP contribution in [0.25, 0.3) is 16.8 Å². The number of thioether (sulfide) groups is 2. The van der Waals surface area contributed by atoms with Crippen molar-refractivity contribution in [2.24, 2.45) is 0 Å². The highest BCUT2D eigenvalue weighted by molar-refractivity contribution is 8.16. The first kappa shape index (κ1) is 16.6. The summed E-state index contributed by atoms with van der Waals surface area (Å²) in [6.07, 6.45) is 3.44. The van der Waals surface area contributed by atoms with E-state index >= 15 is 0 Å². The lowest BCUT2D eigenvalue weighted by atomic mass is 10.1. The topological polar surface area (TPSA) is 27.1 Å². The van der Waals surface area contributed by atoms with Crippen molar-refractivity contribution in [2.45, 2.75) is 11.0 Å². The summed E-state index contributed by atoms with van der Waals surface area (Å²) in [6.45, 7) is 0. The molecule has 1 saturated heterocycles. The number of benzene rings is 2. The molecule has 4 rings (SSSR count). The van der Waals surface area contributed by atoms with Gasteiger partial charge in [-0.15, -0.1) is 23.5 Å². The Hall–Kier alpha value is -1.85. The predicted octanol–water partition coefficient (Wildman–Crippen LogP) is 5.42. The Morgan fingerprint density at radius 3 is 2.40 bits per heavy atom. The molecule has 2 aromatic carbocycles. The lowest BCUT2D eigenvalue weighted by Crippen LogP contribution is -2.03. The first-order chi connectivity index (χ1) is 12.3. The van der Waals surface area contributed by atoms with Crippen LogP contribution >= 0.6 is 23.5 Å². The summed E-state index contributed by atoms with van der Waals surface area (Å²) in [4.78, 5) is 0. The maximum Gasteiger partial charge on any atom is 0.118 e. The van der Waals surface area contributed by atoms with E-state index < -0.39 is 0 Å². The highest BCUT2D eigenvalue weighted by atomic mass is 32.2. The molecule has 0 spiro atoms. The molecule has 1 aliphatic heterocycles. The standard InChI is InChI=1S/C20H20N2OS2/c1-23-17-10-8-15(9-11-17)18-14-22(16-6-3-2-4-7-16)21-19(18)20-24-12-5-13-25-20/h2-4,6-11,14,20H,5,12-13H2,1H3. The van der Waals surface area contributed by atoms with Gasteiger partial charge in [-0.25, -0.2) is 4.68 Å². The Morgan fingerprint density at radius 2 is 1.72 bits per heavy atom. The predicted molar refractivity (Wildman–Crippen MR) is 108 cm³/mol. The van der Waals surface area contributed by atoms with Crippen molar-refractivity contribution in [3.8, 4) is 22.6 Å². The van der Waals surface area contributed by atoms with Crippen molar-refractivity contribution in [3.63, 3.8) is 0 Å². The van der Waals surface area contributed by atoms with Crippen LogP contribution in [0.3, 0.4) is 0 Å². The minimum absolute atomic E-state index is 0.399. The van der Waals surface area contributed by atoms with E-state index in [0.29, 0.717) is 4.58 Å². The zero-order valence-electron chi connectivity index (χ0n) is 14.1. The summed E-state index contributed by atoms with van der Waals surface area (Å²) in [6, 6.07) is 18.6. The average Bonchev–Trinajstić information content (AvgIpc) is 3.15. The third kappa shape index (κ3) is 3.58. The molecule has 0 atom stereocenters. The maximum absolute atomic E-state index is 5.30. The minimum Gasteiger partial charge on any atom is -0.497 e. The molecule has 0 saturated carbocycles. The molecule has 2 heterocycles. The van der Waals surface area contributed by atoms with Crippen LogP contribution < -0.4 is 4.74 Å². The number of hydrogen-bond donors (Lipinski definition) is 0. The molecule has 0 amide bonds. The monoisotopic (exact) mass is 368 g/mol. The summed E-state index contributed by atoms with van der Waals surface area (Å²) in [5.74, 6) is 3.29. The van der Waals surface area contributed by atoms with E-state index in [1.54, 1.807) is 7.11 Å². The van der Waals surface area contributed by atoms with Crippen molar-refractivity contribution in [2.75, 3.05) is 18.6 Å². The van der Waals surface area contributed by atoms with Crippen LogP contribution in [0.15, 0.2) is 60.8 Å². The number of nitrogens with zero attached hydrogens (tertiary/aromatic N) is 2. The number of ether oxygens (including phenoxy) is 1. The Morgan fingerprint density at radius 1 is 1.00 bits per heavy atom. The van der Waals surface area contributed by atoms with E-state index in [2.05, 4.69) is 30.5 Å².